The topological polar surface area (TPSA) is 45.2 Å². The second-order valence-electron chi connectivity index (χ2n) is 5.99. The Morgan fingerprint density at radius 1 is 1.38 bits per heavy atom. The van der Waals surface area contributed by atoms with Crippen LogP contribution in [-0.4, -0.2) is 41.5 Å². The van der Waals surface area contributed by atoms with Crippen LogP contribution in [0.2, 0.25) is 0 Å². The molecule has 3 rings (SSSR count). The third-order valence-electron chi connectivity index (χ3n) is 4.30. The standard InChI is InChI=1S/C18H22FN3OS/c1-2-11-22(13-7-9-20-10-8-13)18(23)16-12-21-17(24-16)14-5-3-4-6-15(14)19/h3-6,12-13,20H,2,7-11H2,1H3. The van der Waals surface area contributed by atoms with E-state index in [1.807, 2.05) is 4.90 Å². The Kier molecular flexibility index (Phi) is 5.58. The number of nitrogens with zero attached hydrogens (tertiary/aromatic N) is 2. The molecule has 1 aromatic heterocycles. The molecule has 1 aliphatic heterocycles. The Hall–Kier alpha value is -1.79. The molecule has 1 amide bonds. The monoisotopic (exact) mass is 347 g/mol. The molecule has 6 heteroatoms. The van der Waals surface area contributed by atoms with Crippen LogP contribution in [0.4, 0.5) is 4.39 Å². The number of hydrogen-bond donors (Lipinski definition) is 1. The second kappa shape index (κ2) is 7.85. The first-order valence-electron chi connectivity index (χ1n) is 8.43. The first-order valence-corrected chi connectivity index (χ1v) is 9.24. The van der Waals surface area contributed by atoms with Crippen molar-refractivity contribution in [1.82, 2.24) is 15.2 Å². The molecule has 1 aliphatic rings. The number of piperidine rings is 1. The molecule has 1 fully saturated rings. The Labute approximate surface area is 145 Å². The highest BCUT2D eigenvalue weighted by atomic mass is 32.1. The van der Waals surface area contributed by atoms with E-state index in [9.17, 15) is 9.18 Å². The fourth-order valence-electron chi connectivity index (χ4n) is 3.08. The van der Waals surface area contributed by atoms with Gasteiger partial charge in [0.2, 0.25) is 0 Å². The van der Waals surface area contributed by atoms with E-state index in [4.69, 9.17) is 0 Å². The fraction of sp³-hybridized carbons (Fsp3) is 0.444. The highest BCUT2D eigenvalue weighted by Gasteiger charge is 2.27. The van der Waals surface area contributed by atoms with Gasteiger partial charge < -0.3 is 10.2 Å². The van der Waals surface area contributed by atoms with Crippen molar-refractivity contribution >= 4 is 17.2 Å². The maximum absolute atomic E-state index is 13.9. The number of thiazole rings is 1. The van der Waals surface area contributed by atoms with Crippen molar-refractivity contribution in [2.24, 2.45) is 0 Å². The van der Waals surface area contributed by atoms with Gasteiger partial charge in [-0.05, 0) is 44.5 Å². The Balaban J connectivity index is 1.82. The molecule has 1 aromatic carbocycles. The predicted molar refractivity (Wildman–Crippen MR) is 94.7 cm³/mol. The van der Waals surface area contributed by atoms with Gasteiger partial charge in [-0.15, -0.1) is 11.3 Å². The summed E-state index contributed by atoms with van der Waals surface area (Å²) < 4.78 is 13.9. The van der Waals surface area contributed by atoms with Gasteiger partial charge in [0, 0.05) is 18.2 Å². The zero-order valence-corrected chi connectivity index (χ0v) is 14.6. The van der Waals surface area contributed by atoms with Crippen LogP contribution in [0.5, 0.6) is 0 Å². The van der Waals surface area contributed by atoms with E-state index in [1.54, 1.807) is 24.4 Å². The van der Waals surface area contributed by atoms with Crippen LogP contribution in [-0.2, 0) is 0 Å². The van der Waals surface area contributed by atoms with Crippen molar-refractivity contribution in [2.45, 2.75) is 32.2 Å². The fourth-order valence-corrected chi connectivity index (χ4v) is 3.98. The molecule has 0 atom stereocenters. The van der Waals surface area contributed by atoms with Crippen molar-refractivity contribution in [1.29, 1.82) is 0 Å². The minimum Gasteiger partial charge on any atom is -0.335 e. The number of carbonyl (C=O) groups is 1. The summed E-state index contributed by atoms with van der Waals surface area (Å²) in [5, 5.41) is 3.89. The number of nitrogens with one attached hydrogen (secondary N) is 1. The van der Waals surface area contributed by atoms with Gasteiger partial charge in [-0.2, -0.15) is 0 Å². The van der Waals surface area contributed by atoms with Gasteiger partial charge in [-0.1, -0.05) is 19.1 Å². The maximum atomic E-state index is 13.9. The highest BCUT2D eigenvalue weighted by molar-refractivity contribution is 7.16. The third kappa shape index (κ3) is 3.65. The van der Waals surface area contributed by atoms with Gasteiger partial charge in [0.05, 0.1) is 6.20 Å². The van der Waals surface area contributed by atoms with Crippen LogP contribution in [0.1, 0.15) is 35.9 Å². The minimum atomic E-state index is -0.311. The smallest absolute Gasteiger partial charge is 0.265 e. The first-order chi connectivity index (χ1) is 11.7. The number of rotatable bonds is 5. The Morgan fingerprint density at radius 3 is 2.83 bits per heavy atom. The Bertz CT molecular complexity index is 697. The quantitative estimate of drug-likeness (QED) is 0.900. The molecule has 128 valence electrons. The van der Waals surface area contributed by atoms with Crippen molar-refractivity contribution < 1.29 is 9.18 Å². The molecule has 24 heavy (non-hydrogen) atoms. The average Bonchev–Trinajstić information content (AvgIpc) is 3.10. The average molecular weight is 347 g/mol. The molecular formula is C18H22FN3OS. The molecule has 4 nitrogen and oxygen atoms in total. The van der Waals surface area contributed by atoms with Gasteiger partial charge in [-0.3, -0.25) is 4.79 Å². The van der Waals surface area contributed by atoms with Crippen molar-refractivity contribution in [3.8, 4) is 10.6 Å². The molecule has 1 N–H and O–H groups in total. The maximum Gasteiger partial charge on any atom is 0.265 e. The van der Waals surface area contributed by atoms with Crippen molar-refractivity contribution in [3.63, 3.8) is 0 Å². The van der Waals surface area contributed by atoms with E-state index in [0.717, 1.165) is 38.9 Å². The van der Waals surface area contributed by atoms with E-state index in [1.165, 1.54) is 17.4 Å². The summed E-state index contributed by atoms with van der Waals surface area (Å²) in [6.45, 7) is 4.72. The molecule has 0 bridgehead atoms. The molecular weight excluding hydrogens is 325 g/mol. The van der Waals surface area contributed by atoms with Crippen LogP contribution in [0, 0.1) is 5.82 Å². The van der Waals surface area contributed by atoms with Crippen molar-refractivity contribution in [3.05, 3.63) is 41.2 Å². The lowest BCUT2D eigenvalue weighted by Crippen LogP contribution is -2.46. The lowest BCUT2D eigenvalue weighted by Gasteiger charge is -2.34. The number of hydrogen-bond acceptors (Lipinski definition) is 4. The van der Waals surface area contributed by atoms with Crippen molar-refractivity contribution in [2.75, 3.05) is 19.6 Å². The molecule has 0 unspecified atom stereocenters. The molecule has 0 radical (unpaired) electrons. The molecule has 0 aliphatic carbocycles. The van der Waals surface area contributed by atoms with E-state index < -0.39 is 0 Å². The van der Waals surface area contributed by atoms with E-state index in [2.05, 4.69) is 17.2 Å². The number of benzene rings is 1. The molecule has 2 heterocycles. The van der Waals surface area contributed by atoms with Gasteiger partial charge >= 0.3 is 0 Å². The van der Waals surface area contributed by atoms with Gasteiger partial charge in [0.15, 0.2) is 0 Å². The van der Waals surface area contributed by atoms with Crippen LogP contribution in [0.15, 0.2) is 30.5 Å². The lowest BCUT2D eigenvalue weighted by atomic mass is 10.0. The van der Waals surface area contributed by atoms with Crippen LogP contribution in [0.3, 0.4) is 0 Å². The normalized spacial score (nSPS) is 15.4. The highest BCUT2D eigenvalue weighted by Crippen LogP contribution is 2.28. The second-order valence-corrected chi connectivity index (χ2v) is 7.02. The Morgan fingerprint density at radius 2 is 2.12 bits per heavy atom. The SMILES string of the molecule is CCCN(C(=O)c1cnc(-c2ccccc2F)s1)C1CCNCC1. The summed E-state index contributed by atoms with van der Waals surface area (Å²) >= 11 is 1.27. The number of aromatic nitrogens is 1. The summed E-state index contributed by atoms with van der Waals surface area (Å²) in [7, 11) is 0. The molecule has 1 saturated heterocycles. The summed E-state index contributed by atoms with van der Waals surface area (Å²) in [6.07, 6.45) is 4.46. The third-order valence-corrected chi connectivity index (χ3v) is 5.31. The summed E-state index contributed by atoms with van der Waals surface area (Å²) in [5.74, 6) is -0.293. The summed E-state index contributed by atoms with van der Waals surface area (Å²) in [5.41, 5.74) is 0.449. The summed E-state index contributed by atoms with van der Waals surface area (Å²) in [6, 6.07) is 6.81. The van der Waals surface area contributed by atoms with Crippen LogP contribution in [0.25, 0.3) is 10.6 Å². The zero-order chi connectivity index (χ0) is 16.9. The van der Waals surface area contributed by atoms with Crippen LogP contribution >= 0.6 is 11.3 Å². The molecule has 0 saturated carbocycles. The molecule has 2 aromatic rings. The summed E-state index contributed by atoms with van der Waals surface area (Å²) in [4.78, 5) is 19.8. The zero-order valence-electron chi connectivity index (χ0n) is 13.8. The van der Waals surface area contributed by atoms with Gasteiger partial charge in [-0.25, -0.2) is 9.37 Å². The van der Waals surface area contributed by atoms with E-state index in [0.29, 0.717) is 15.4 Å². The lowest BCUT2D eigenvalue weighted by molar-refractivity contribution is 0.0647. The number of amides is 1. The van der Waals surface area contributed by atoms with E-state index in [-0.39, 0.29) is 17.8 Å². The predicted octanol–water partition coefficient (Wildman–Crippen LogP) is 3.55. The number of halogens is 1. The number of carbonyl (C=O) groups excluding carboxylic acids is 1. The van der Waals surface area contributed by atoms with Gasteiger partial charge in [0.25, 0.3) is 5.91 Å². The largest absolute Gasteiger partial charge is 0.335 e. The van der Waals surface area contributed by atoms with Gasteiger partial charge in [0.1, 0.15) is 15.7 Å². The van der Waals surface area contributed by atoms with Crippen LogP contribution < -0.4 is 5.32 Å². The first kappa shape index (κ1) is 17.0. The minimum absolute atomic E-state index is 0.0174. The molecule has 0 spiro atoms. The van der Waals surface area contributed by atoms with E-state index >= 15 is 0 Å².